The molecule has 4 N–H and O–H groups in total. The summed E-state index contributed by atoms with van der Waals surface area (Å²) in [7, 11) is 0. The Morgan fingerprint density at radius 2 is 2.19 bits per heavy atom. The van der Waals surface area contributed by atoms with Crippen molar-refractivity contribution in [3.8, 4) is 0 Å². The maximum absolute atomic E-state index is 8.77. The number of nitrogens with zero attached hydrogens (tertiary/aromatic N) is 2. The second kappa shape index (κ2) is 4.63. The number of nitrogens with one attached hydrogen (secondary N) is 1. The molecule has 0 aliphatic rings. The van der Waals surface area contributed by atoms with Gasteiger partial charge < -0.3 is 16.2 Å². The van der Waals surface area contributed by atoms with Gasteiger partial charge in [-0.05, 0) is 18.2 Å². The Labute approximate surface area is 101 Å². The van der Waals surface area contributed by atoms with Crippen LogP contribution in [0.25, 0.3) is 10.9 Å². The van der Waals surface area contributed by atoms with Gasteiger partial charge in [0.2, 0.25) is 5.95 Å². The average molecular weight is 283 g/mol. The molecule has 1 aromatic heterocycles. The lowest BCUT2D eigenvalue weighted by Crippen LogP contribution is -2.09. The molecule has 0 aliphatic heterocycles. The van der Waals surface area contributed by atoms with Crippen LogP contribution in [-0.2, 0) is 0 Å². The quantitative estimate of drug-likeness (QED) is 0.792. The summed E-state index contributed by atoms with van der Waals surface area (Å²) >= 11 is 3.37. The number of benzene rings is 1. The highest BCUT2D eigenvalue weighted by molar-refractivity contribution is 9.10. The molecule has 16 heavy (non-hydrogen) atoms. The lowest BCUT2D eigenvalue weighted by atomic mass is 10.2. The first kappa shape index (κ1) is 11.1. The summed E-state index contributed by atoms with van der Waals surface area (Å²) in [5.74, 6) is 0.857. The summed E-state index contributed by atoms with van der Waals surface area (Å²) in [4.78, 5) is 8.24. The first-order valence-corrected chi connectivity index (χ1v) is 5.57. The smallest absolute Gasteiger partial charge is 0.222 e. The number of hydrogen-bond donors (Lipinski definition) is 3. The van der Waals surface area contributed by atoms with Crippen molar-refractivity contribution in [1.82, 2.24) is 9.97 Å². The number of hydrogen-bond acceptors (Lipinski definition) is 5. The molecule has 0 aliphatic carbocycles. The minimum Gasteiger partial charge on any atom is -0.395 e. The van der Waals surface area contributed by atoms with E-state index in [0.717, 1.165) is 15.4 Å². The summed E-state index contributed by atoms with van der Waals surface area (Å²) in [5, 5.41) is 12.7. The zero-order chi connectivity index (χ0) is 11.5. The van der Waals surface area contributed by atoms with Gasteiger partial charge in [0.25, 0.3) is 0 Å². The second-order valence-corrected chi connectivity index (χ2v) is 4.16. The van der Waals surface area contributed by atoms with Crippen molar-refractivity contribution in [2.75, 3.05) is 24.2 Å². The number of aliphatic hydroxyl groups excluding tert-OH is 1. The van der Waals surface area contributed by atoms with Crippen molar-refractivity contribution in [3.05, 3.63) is 22.7 Å². The van der Waals surface area contributed by atoms with Crippen molar-refractivity contribution >= 4 is 38.6 Å². The molecule has 0 saturated heterocycles. The number of rotatable bonds is 3. The lowest BCUT2D eigenvalue weighted by Gasteiger charge is -2.08. The van der Waals surface area contributed by atoms with Crippen LogP contribution in [-0.4, -0.2) is 28.2 Å². The SMILES string of the molecule is Nc1nc(NCCO)c2ccc(Br)cc2n1. The van der Waals surface area contributed by atoms with E-state index in [1.807, 2.05) is 18.2 Å². The number of aromatic nitrogens is 2. The average Bonchev–Trinajstić information content (AvgIpc) is 2.25. The molecule has 0 radical (unpaired) electrons. The van der Waals surface area contributed by atoms with E-state index in [1.165, 1.54) is 0 Å². The lowest BCUT2D eigenvalue weighted by molar-refractivity contribution is 0.311. The predicted octanol–water partition coefficient (Wildman–Crippen LogP) is 1.38. The Morgan fingerprint density at radius 1 is 1.38 bits per heavy atom. The number of aliphatic hydroxyl groups is 1. The fourth-order valence-electron chi connectivity index (χ4n) is 1.43. The molecule has 0 unspecified atom stereocenters. The first-order chi connectivity index (χ1) is 7.70. The fraction of sp³-hybridized carbons (Fsp3) is 0.200. The summed E-state index contributed by atoms with van der Waals surface area (Å²) < 4.78 is 0.936. The van der Waals surface area contributed by atoms with E-state index in [9.17, 15) is 0 Å². The van der Waals surface area contributed by atoms with Crippen molar-refractivity contribution < 1.29 is 5.11 Å². The zero-order valence-corrected chi connectivity index (χ0v) is 10.0. The molecule has 0 spiro atoms. The molecule has 0 amide bonds. The van der Waals surface area contributed by atoms with E-state index in [-0.39, 0.29) is 12.6 Å². The van der Waals surface area contributed by atoms with Crippen LogP contribution in [0.3, 0.4) is 0 Å². The minimum atomic E-state index is 0.0436. The molecule has 84 valence electrons. The van der Waals surface area contributed by atoms with E-state index >= 15 is 0 Å². The standard InChI is InChI=1S/C10H11BrN4O/c11-6-1-2-7-8(5-6)14-10(12)15-9(7)13-3-4-16/h1-2,5,16H,3-4H2,(H3,12,13,14,15). The second-order valence-electron chi connectivity index (χ2n) is 3.24. The maximum atomic E-state index is 8.77. The van der Waals surface area contributed by atoms with E-state index < -0.39 is 0 Å². The largest absolute Gasteiger partial charge is 0.395 e. The molecule has 0 fully saturated rings. The Balaban J connectivity index is 2.54. The summed E-state index contributed by atoms with van der Waals surface area (Å²) in [6.07, 6.45) is 0. The van der Waals surface area contributed by atoms with Crippen LogP contribution in [0.2, 0.25) is 0 Å². The number of nitrogen functional groups attached to an aromatic ring is 1. The molecule has 5 nitrogen and oxygen atoms in total. The molecular formula is C10H11BrN4O. The number of nitrogens with two attached hydrogens (primary N) is 1. The van der Waals surface area contributed by atoms with Crippen molar-refractivity contribution in [1.29, 1.82) is 0 Å². The topological polar surface area (TPSA) is 84.1 Å². The van der Waals surface area contributed by atoms with Crippen molar-refractivity contribution in [2.24, 2.45) is 0 Å². The van der Waals surface area contributed by atoms with Gasteiger partial charge in [-0.3, -0.25) is 0 Å². The monoisotopic (exact) mass is 282 g/mol. The van der Waals surface area contributed by atoms with Gasteiger partial charge in [0.15, 0.2) is 0 Å². The Hall–Kier alpha value is -1.40. The van der Waals surface area contributed by atoms with Crippen LogP contribution in [0.5, 0.6) is 0 Å². The molecule has 0 atom stereocenters. The Morgan fingerprint density at radius 3 is 2.94 bits per heavy atom. The highest BCUT2D eigenvalue weighted by Crippen LogP contribution is 2.24. The summed E-state index contributed by atoms with van der Waals surface area (Å²) in [5.41, 5.74) is 6.37. The van der Waals surface area contributed by atoms with Gasteiger partial charge >= 0.3 is 0 Å². The molecule has 1 heterocycles. The highest BCUT2D eigenvalue weighted by atomic mass is 79.9. The summed E-state index contributed by atoms with van der Waals surface area (Å²) in [6, 6.07) is 5.68. The van der Waals surface area contributed by atoms with Gasteiger partial charge in [-0.1, -0.05) is 15.9 Å². The van der Waals surface area contributed by atoms with Crippen LogP contribution >= 0.6 is 15.9 Å². The normalized spacial score (nSPS) is 10.6. The zero-order valence-electron chi connectivity index (χ0n) is 8.44. The van der Waals surface area contributed by atoms with Gasteiger partial charge in [0, 0.05) is 16.4 Å². The van der Waals surface area contributed by atoms with E-state index in [2.05, 4.69) is 31.2 Å². The number of halogens is 1. The molecule has 0 saturated carbocycles. The highest BCUT2D eigenvalue weighted by Gasteiger charge is 2.05. The van der Waals surface area contributed by atoms with Gasteiger partial charge in [0.05, 0.1) is 12.1 Å². The first-order valence-electron chi connectivity index (χ1n) is 4.78. The van der Waals surface area contributed by atoms with Crippen LogP contribution < -0.4 is 11.1 Å². The van der Waals surface area contributed by atoms with Crippen molar-refractivity contribution in [3.63, 3.8) is 0 Å². The van der Waals surface area contributed by atoms with Gasteiger partial charge in [-0.15, -0.1) is 0 Å². The molecular weight excluding hydrogens is 272 g/mol. The third-order valence-corrected chi connectivity index (χ3v) is 2.57. The molecule has 6 heteroatoms. The van der Waals surface area contributed by atoms with Gasteiger partial charge in [-0.25, -0.2) is 4.98 Å². The molecule has 0 bridgehead atoms. The number of fused-ring (bicyclic) bond motifs is 1. The minimum absolute atomic E-state index is 0.0436. The maximum Gasteiger partial charge on any atom is 0.222 e. The van der Waals surface area contributed by atoms with Crippen LogP contribution in [0.15, 0.2) is 22.7 Å². The van der Waals surface area contributed by atoms with Crippen LogP contribution in [0.4, 0.5) is 11.8 Å². The van der Waals surface area contributed by atoms with E-state index in [0.29, 0.717) is 12.4 Å². The Kier molecular flexibility index (Phi) is 3.21. The summed E-state index contributed by atoms with van der Waals surface area (Å²) in [6.45, 7) is 0.476. The predicted molar refractivity (Wildman–Crippen MR) is 67.2 cm³/mol. The van der Waals surface area contributed by atoms with Gasteiger partial charge in [-0.2, -0.15) is 4.98 Å². The van der Waals surface area contributed by atoms with Gasteiger partial charge in [0.1, 0.15) is 5.82 Å². The van der Waals surface area contributed by atoms with E-state index in [4.69, 9.17) is 10.8 Å². The molecule has 2 rings (SSSR count). The number of anilines is 2. The third-order valence-electron chi connectivity index (χ3n) is 2.08. The third kappa shape index (κ3) is 2.23. The fourth-order valence-corrected chi connectivity index (χ4v) is 1.78. The molecule has 2 aromatic rings. The van der Waals surface area contributed by atoms with Crippen molar-refractivity contribution in [2.45, 2.75) is 0 Å². The Bertz CT molecular complexity index is 512. The van der Waals surface area contributed by atoms with E-state index in [1.54, 1.807) is 0 Å². The van der Waals surface area contributed by atoms with Crippen LogP contribution in [0, 0.1) is 0 Å². The van der Waals surface area contributed by atoms with Crippen LogP contribution in [0.1, 0.15) is 0 Å². The molecule has 1 aromatic carbocycles.